The fourth-order valence-corrected chi connectivity index (χ4v) is 1.64. The fraction of sp³-hybridized carbons (Fsp3) is 0.364. The summed E-state index contributed by atoms with van der Waals surface area (Å²) in [5.74, 6) is 0.277. The van der Waals surface area contributed by atoms with E-state index in [2.05, 4.69) is 10.6 Å². The predicted octanol–water partition coefficient (Wildman–Crippen LogP) is 2.15. The molecule has 0 saturated heterocycles. The van der Waals surface area contributed by atoms with Gasteiger partial charge in [-0.25, -0.2) is 0 Å². The van der Waals surface area contributed by atoms with Crippen LogP contribution in [0, 0.1) is 6.92 Å². The van der Waals surface area contributed by atoms with Crippen molar-refractivity contribution in [1.29, 1.82) is 0 Å². The van der Waals surface area contributed by atoms with E-state index in [9.17, 15) is 5.11 Å². The van der Waals surface area contributed by atoms with E-state index in [4.69, 9.17) is 12.2 Å². The smallest absolute Gasteiger partial charge is 0.171 e. The van der Waals surface area contributed by atoms with Crippen molar-refractivity contribution in [3.63, 3.8) is 0 Å². The number of hydrogen-bond donors (Lipinski definition) is 3. The Kier molecular flexibility index (Phi) is 2.77. The van der Waals surface area contributed by atoms with Crippen LogP contribution in [0.25, 0.3) is 0 Å². The molecule has 1 aliphatic carbocycles. The molecule has 0 aliphatic heterocycles. The maximum absolute atomic E-state index is 9.25. The molecule has 0 atom stereocenters. The Balaban J connectivity index is 1.99. The standard InChI is InChI=1S/C11H14N2OS/c1-7-6-9(14)4-5-10(7)13-11(15)12-8-2-3-8/h4-6,8,14H,2-3H2,1H3,(H2,12,13,15). The van der Waals surface area contributed by atoms with Crippen molar-refractivity contribution in [3.05, 3.63) is 23.8 Å². The van der Waals surface area contributed by atoms with Crippen LogP contribution in [0.3, 0.4) is 0 Å². The Labute approximate surface area is 94.5 Å². The molecule has 15 heavy (non-hydrogen) atoms. The Morgan fingerprint density at radius 1 is 1.47 bits per heavy atom. The van der Waals surface area contributed by atoms with Crippen LogP contribution in [0.15, 0.2) is 18.2 Å². The molecule has 1 aliphatic rings. The second-order valence-corrected chi connectivity index (χ2v) is 4.28. The topological polar surface area (TPSA) is 44.3 Å². The summed E-state index contributed by atoms with van der Waals surface area (Å²) in [5, 5.41) is 16.2. The predicted molar refractivity (Wildman–Crippen MR) is 65.2 cm³/mol. The summed E-state index contributed by atoms with van der Waals surface area (Å²) in [5.41, 5.74) is 1.92. The van der Waals surface area contributed by atoms with Gasteiger partial charge in [0.25, 0.3) is 0 Å². The van der Waals surface area contributed by atoms with E-state index in [1.54, 1.807) is 12.1 Å². The monoisotopic (exact) mass is 222 g/mol. The molecule has 0 aromatic heterocycles. The number of aromatic hydroxyl groups is 1. The Hall–Kier alpha value is -1.29. The van der Waals surface area contributed by atoms with Crippen molar-refractivity contribution in [2.24, 2.45) is 0 Å². The quantitative estimate of drug-likeness (QED) is 0.530. The molecule has 1 aromatic rings. The van der Waals surface area contributed by atoms with Crippen LogP contribution in [-0.4, -0.2) is 16.3 Å². The van der Waals surface area contributed by atoms with Gasteiger partial charge in [0, 0.05) is 11.7 Å². The van der Waals surface area contributed by atoms with Crippen molar-refractivity contribution in [2.45, 2.75) is 25.8 Å². The van der Waals surface area contributed by atoms with Crippen LogP contribution >= 0.6 is 12.2 Å². The summed E-state index contributed by atoms with van der Waals surface area (Å²) in [6.07, 6.45) is 2.41. The number of benzene rings is 1. The first-order valence-corrected chi connectivity index (χ1v) is 5.43. The number of hydrogen-bond acceptors (Lipinski definition) is 2. The Bertz CT molecular complexity index is 388. The van der Waals surface area contributed by atoms with Gasteiger partial charge in [-0.05, 0) is 55.7 Å². The second-order valence-electron chi connectivity index (χ2n) is 3.87. The van der Waals surface area contributed by atoms with E-state index in [-0.39, 0.29) is 5.75 Å². The zero-order valence-corrected chi connectivity index (χ0v) is 9.40. The lowest BCUT2D eigenvalue weighted by atomic mass is 10.2. The minimum atomic E-state index is 0.277. The third-order valence-corrected chi connectivity index (χ3v) is 2.59. The van der Waals surface area contributed by atoms with Gasteiger partial charge in [0.05, 0.1) is 0 Å². The molecule has 0 bridgehead atoms. The molecule has 0 amide bonds. The molecule has 3 nitrogen and oxygen atoms in total. The van der Waals surface area contributed by atoms with E-state index in [1.165, 1.54) is 12.8 Å². The van der Waals surface area contributed by atoms with Gasteiger partial charge in [0.15, 0.2) is 5.11 Å². The minimum Gasteiger partial charge on any atom is -0.508 e. The second kappa shape index (κ2) is 4.06. The molecule has 0 heterocycles. The lowest BCUT2D eigenvalue weighted by molar-refractivity contribution is 0.475. The van der Waals surface area contributed by atoms with Gasteiger partial charge in [-0.15, -0.1) is 0 Å². The third kappa shape index (κ3) is 2.83. The summed E-state index contributed by atoms with van der Waals surface area (Å²) in [4.78, 5) is 0. The number of phenols is 1. The number of phenolic OH excluding ortho intramolecular Hbond substituents is 1. The zero-order valence-electron chi connectivity index (χ0n) is 8.58. The molecule has 0 unspecified atom stereocenters. The van der Waals surface area contributed by atoms with Gasteiger partial charge >= 0.3 is 0 Å². The Morgan fingerprint density at radius 2 is 2.20 bits per heavy atom. The van der Waals surface area contributed by atoms with E-state index in [0.717, 1.165) is 11.3 Å². The fourth-order valence-electron chi connectivity index (χ4n) is 1.36. The largest absolute Gasteiger partial charge is 0.508 e. The van der Waals surface area contributed by atoms with E-state index < -0.39 is 0 Å². The molecule has 80 valence electrons. The molecule has 4 heteroatoms. The first-order valence-electron chi connectivity index (χ1n) is 5.02. The average molecular weight is 222 g/mol. The highest BCUT2D eigenvalue weighted by Crippen LogP contribution is 2.21. The average Bonchev–Trinajstić information content (AvgIpc) is 2.94. The van der Waals surface area contributed by atoms with Gasteiger partial charge < -0.3 is 15.7 Å². The van der Waals surface area contributed by atoms with Crippen molar-refractivity contribution in [2.75, 3.05) is 5.32 Å². The van der Waals surface area contributed by atoms with E-state index in [1.807, 2.05) is 13.0 Å². The first-order chi connectivity index (χ1) is 7.15. The highest BCUT2D eigenvalue weighted by Gasteiger charge is 2.21. The van der Waals surface area contributed by atoms with Crippen LogP contribution in [0.2, 0.25) is 0 Å². The lowest BCUT2D eigenvalue weighted by Gasteiger charge is -2.11. The minimum absolute atomic E-state index is 0.277. The Morgan fingerprint density at radius 3 is 2.80 bits per heavy atom. The highest BCUT2D eigenvalue weighted by molar-refractivity contribution is 7.80. The number of anilines is 1. The maximum atomic E-state index is 9.25. The summed E-state index contributed by atoms with van der Waals surface area (Å²) >= 11 is 5.16. The van der Waals surface area contributed by atoms with Crippen LogP contribution < -0.4 is 10.6 Å². The summed E-state index contributed by atoms with van der Waals surface area (Å²) in [6.45, 7) is 1.93. The SMILES string of the molecule is Cc1cc(O)ccc1NC(=S)NC1CC1. The van der Waals surface area contributed by atoms with E-state index in [0.29, 0.717) is 11.2 Å². The van der Waals surface area contributed by atoms with Crippen LogP contribution in [0.5, 0.6) is 5.75 Å². The molecule has 2 rings (SSSR count). The van der Waals surface area contributed by atoms with Crippen molar-refractivity contribution < 1.29 is 5.11 Å². The van der Waals surface area contributed by atoms with Gasteiger partial charge in [-0.3, -0.25) is 0 Å². The van der Waals surface area contributed by atoms with Crippen molar-refractivity contribution >= 4 is 23.0 Å². The highest BCUT2D eigenvalue weighted by atomic mass is 32.1. The van der Waals surface area contributed by atoms with Crippen LogP contribution in [0.1, 0.15) is 18.4 Å². The summed E-state index contributed by atoms with van der Waals surface area (Å²) in [6, 6.07) is 5.74. The number of thiocarbonyl (C=S) groups is 1. The lowest BCUT2D eigenvalue weighted by Crippen LogP contribution is -2.30. The van der Waals surface area contributed by atoms with Crippen LogP contribution in [0.4, 0.5) is 5.69 Å². The van der Waals surface area contributed by atoms with Crippen molar-refractivity contribution in [3.8, 4) is 5.75 Å². The molecule has 0 radical (unpaired) electrons. The molecular formula is C11H14N2OS. The first kappa shape index (κ1) is 10.2. The number of aryl methyl sites for hydroxylation is 1. The maximum Gasteiger partial charge on any atom is 0.171 e. The molecule has 1 saturated carbocycles. The van der Waals surface area contributed by atoms with Crippen LogP contribution in [-0.2, 0) is 0 Å². The van der Waals surface area contributed by atoms with Gasteiger partial charge in [0.1, 0.15) is 5.75 Å². The van der Waals surface area contributed by atoms with Gasteiger partial charge in [-0.2, -0.15) is 0 Å². The van der Waals surface area contributed by atoms with Crippen molar-refractivity contribution in [1.82, 2.24) is 5.32 Å². The molecule has 1 aromatic carbocycles. The zero-order chi connectivity index (χ0) is 10.8. The molecule has 0 spiro atoms. The number of nitrogens with one attached hydrogen (secondary N) is 2. The van der Waals surface area contributed by atoms with Gasteiger partial charge in [0.2, 0.25) is 0 Å². The number of rotatable bonds is 2. The molecule has 3 N–H and O–H groups in total. The summed E-state index contributed by atoms with van der Waals surface area (Å²) in [7, 11) is 0. The summed E-state index contributed by atoms with van der Waals surface area (Å²) < 4.78 is 0. The van der Waals surface area contributed by atoms with Gasteiger partial charge in [-0.1, -0.05) is 0 Å². The molecule has 1 fully saturated rings. The normalized spacial score (nSPS) is 14.7. The van der Waals surface area contributed by atoms with E-state index >= 15 is 0 Å². The third-order valence-electron chi connectivity index (χ3n) is 2.37. The molecular weight excluding hydrogens is 208 g/mol.